The number of hydrazine groups is 1. The predicted molar refractivity (Wildman–Crippen MR) is 35.1 cm³/mol. The van der Waals surface area contributed by atoms with Gasteiger partial charge in [-0.05, 0) is 19.1 Å². The van der Waals surface area contributed by atoms with Crippen molar-refractivity contribution in [3.05, 3.63) is 0 Å². The first-order valence-electron chi connectivity index (χ1n) is 2.15. The van der Waals surface area contributed by atoms with E-state index in [0.717, 1.165) is 5.84 Å². The first-order chi connectivity index (χ1) is 3.79. The largest absolute Gasteiger partial charge is 0.285 e. The minimum Gasteiger partial charge on any atom is -0.285 e. The van der Waals surface area contributed by atoms with Crippen LogP contribution in [0.4, 0.5) is 0 Å². The van der Waals surface area contributed by atoms with Crippen LogP contribution in [0.5, 0.6) is 0 Å². The lowest BCUT2D eigenvalue weighted by Gasteiger charge is -2.14. The average Bonchev–Trinajstić information content (AvgIpc) is 1.77. The van der Waals surface area contributed by atoms with Gasteiger partial charge >= 0.3 is 0 Å². The van der Waals surface area contributed by atoms with Crippen LogP contribution in [0.2, 0.25) is 0 Å². The molecule has 0 amide bonds. The van der Waals surface area contributed by atoms with Gasteiger partial charge in [0.25, 0.3) is 0 Å². The summed E-state index contributed by atoms with van der Waals surface area (Å²) in [5.74, 6) is 0.776. The maximum absolute atomic E-state index is 4.67. The fourth-order valence-electron chi connectivity index (χ4n) is 0.338. The molecule has 5 heteroatoms. The molecule has 3 N–H and O–H groups in total. The Morgan fingerprint density at radius 1 is 1.50 bits per heavy atom. The van der Waals surface area contributed by atoms with Crippen LogP contribution >= 0.6 is 12.2 Å². The monoisotopic (exact) mass is 130 g/mol. The molecule has 0 saturated heterocycles. The zero-order valence-electron chi connectivity index (χ0n) is 4.36. The highest BCUT2D eigenvalue weighted by Crippen LogP contribution is 1.73. The third-order valence-electron chi connectivity index (χ3n) is 0.682. The van der Waals surface area contributed by atoms with Gasteiger partial charge in [-0.1, -0.05) is 0 Å². The van der Waals surface area contributed by atoms with Gasteiger partial charge in [0, 0.05) is 0 Å². The molecule has 0 aromatic rings. The second kappa shape index (κ2) is 1.95. The molecule has 0 aromatic carbocycles. The third kappa shape index (κ3) is 1.06. The summed E-state index contributed by atoms with van der Waals surface area (Å²) in [4.78, 5) is 0. The van der Waals surface area contributed by atoms with E-state index in [2.05, 4.69) is 33.6 Å². The average molecular weight is 130 g/mol. The van der Waals surface area contributed by atoms with Gasteiger partial charge in [0.1, 0.15) is 5.84 Å². The number of nitrogens with one attached hydrogen (secondary N) is 3. The summed E-state index contributed by atoms with van der Waals surface area (Å²) in [6.45, 7) is 1.82. The molecule has 0 aromatic heterocycles. The summed E-state index contributed by atoms with van der Waals surface area (Å²) < 4.78 is 0. The number of thiocarbonyl (C=S) groups is 1. The first kappa shape index (κ1) is 5.30. The number of hydrazone groups is 1. The highest BCUT2D eigenvalue weighted by atomic mass is 32.1. The van der Waals surface area contributed by atoms with Crippen molar-refractivity contribution >= 4 is 23.2 Å². The molecule has 0 aliphatic carbocycles. The molecule has 44 valence electrons. The summed E-state index contributed by atoms with van der Waals surface area (Å²) in [5.41, 5.74) is 7.98. The molecule has 8 heavy (non-hydrogen) atoms. The fourth-order valence-corrected chi connectivity index (χ4v) is 0.434. The van der Waals surface area contributed by atoms with Crippen LogP contribution in [-0.4, -0.2) is 10.9 Å². The number of hydrogen-bond acceptors (Lipinski definition) is 3. The second-order valence-electron chi connectivity index (χ2n) is 1.39. The van der Waals surface area contributed by atoms with E-state index < -0.39 is 0 Å². The number of rotatable bonds is 0. The Hall–Kier alpha value is -0.840. The molecule has 4 nitrogen and oxygen atoms in total. The van der Waals surface area contributed by atoms with Gasteiger partial charge in [0.2, 0.25) is 5.11 Å². The highest BCUT2D eigenvalue weighted by molar-refractivity contribution is 7.80. The number of hydrogen-bond donors (Lipinski definition) is 3. The van der Waals surface area contributed by atoms with Crippen LogP contribution in [0.1, 0.15) is 6.92 Å². The summed E-state index contributed by atoms with van der Waals surface area (Å²) in [6, 6.07) is 0. The first-order valence-corrected chi connectivity index (χ1v) is 2.56. The standard InChI is InChI=1S/C3H6N4S/c1-2-4-6-3(8)7-5-2/h1H3,(H,4,5)(H2,6,7,8). The van der Waals surface area contributed by atoms with Crippen LogP contribution in [0.3, 0.4) is 0 Å². The Kier molecular flexibility index (Phi) is 1.29. The van der Waals surface area contributed by atoms with Gasteiger partial charge < -0.3 is 0 Å². The molecule has 0 unspecified atom stereocenters. The Morgan fingerprint density at radius 2 is 2.25 bits per heavy atom. The van der Waals surface area contributed by atoms with Crippen molar-refractivity contribution in [3.8, 4) is 0 Å². The Morgan fingerprint density at radius 3 is 2.62 bits per heavy atom. The quantitative estimate of drug-likeness (QED) is 0.380. The minimum absolute atomic E-state index is 0.496. The molecule has 1 heterocycles. The van der Waals surface area contributed by atoms with Crippen LogP contribution in [-0.2, 0) is 0 Å². The van der Waals surface area contributed by atoms with Crippen LogP contribution < -0.4 is 16.3 Å². The lowest BCUT2D eigenvalue weighted by atomic mass is 10.7. The van der Waals surface area contributed by atoms with E-state index in [0.29, 0.717) is 5.11 Å². The lowest BCUT2D eigenvalue weighted by molar-refractivity contribution is 0.771. The molecule has 1 aliphatic rings. The van der Waals surface area contributed by atoms with Crippen molar-refractivity contribution < 1.29 is 0 Å². The predicted octanol–water partition coefficient (Wildman–Crippen LogP) is -0.698. The SMILES string of the molecule is CC1=NNC(=S)NN1. The van der Waals surface area contributed by atoms with Gasteiger partial charge in [-0.2, -0.15) is 5.10 Å². The molecule has 0 bridgehead atoms. The van der Waals surface area contributed by atoms with Crippen LogP contribution in [0, 0.1) is 0 Å². The lowest BCUT2D eigenvalue weighted by Crippen LogP contribution is -2.49. The van der Waals surface area contributed by atoms with E-state index in [4.69, 9.17) is 0 Å². The molecule has 0 atom stereocenters. The molecule has 1 rings (SSSR count). The fraction of sp³-hybridized carbons (Fsp3) is 0.333. The summed E-state index contributed by atoms with van der Waals surface area (Å²) in [6.07, 6.45) is 0. The van der Waals surface area contributed by atoms with E-state index >= 15 is 0 Å². The molecular weight excluding hydrogens is 124 g/mol. The van der Waals surface area contributed by atoms with Gasteiger partial charge in [-0.3, -0.25) is 16.3 Å². The molecule has 0 spiro atoms. The molecule has 0 fully saturated rings. The van der Waals surface area contributed by atoms with Gasteiger partial charge in [0.05, 0.1) is 0 Å². The van der Waals surface area contributed by atoms with Crippen molar-refractivity contribution in [1.82, 2.24) is 16.3 Å². The van der Waals surface area contributed by atoms with E-state index in [1.54, 1.807) is 0 Å². The summed E-state index contributed by atoms with van der Waals surface area (Å²) in [7, 11) is 0. The molecule has 1 aliphatic heterocycles. The Balaban J connectivity index is 2.55. The van der Waals surface area contributed by atoms with Crippen molar-refractivity contribution in [2.75, 3.05) is 0 Å². The van der Waals surface area contributed by atoms with E-state index in [9.17, 15) is 0 Å². The van der Waals surface area contributed by atoms with Crippen molar-refractivity contribution in [3.63, 3.8) is 0 Å². The third-order valence-corrected chi connectivity index (χ3v) is 0.875. The van der Waals surface area contributed by atoms with Crippen LogP contribution in [0.15, 0.2) is 5.10 Å². The number of nitrogens with zero attached hydrogens (tertiary/aromatic N) is 1. The van der Waals surface area contributed by atoms with Crippen molar-refractivity contribution in [1.29, 1.82) is 0 Å². The molecular formula is C3H6N4S. The normalized spacial score (nSPS) is 17.6. The summed E-state index contributed by atoms with van der Waals surface area (Å²) in [5, 5.41) is 4.26. The topological polar surface area (TPSA) is 48.5 Å². The smallest absolute Gasteiger partial charge is 0.205 e. The molecule has 0 saturated carbocycles. The minimum atomic E-state index is 0.496. The van der Waals surface area contributed by atoms with E-state index in [1.165, 1.54) is 0 Å². The summed E-state index contributed by atoms with van der Waals surface area (Å²) >= 11 is 4.67. The maximum Gasteiger partial charge on any atom is 0.205 e. The maximum atomic E-state index is 4.67. The van der Waals surface area contributed by atoms with Crippen molar-refractivity contribution in [2.24, 2.45) is 5.10 Å². The molecule has 0 radical (unpaired) electrons. The Labute approximate surface area is 52.3 Å². The van der Waals surface area contributed by atoms with Gasteiger partial charge in [-0.15, -0.1) is 0 Å². The number of amidine groups is 1. The zero-order valence-corrected chi connectivity index (χ0v) is 5.17. The second-order valence-corrected chi connectivity index (χ2v) is 1.80. The highest BCUT2D eigenvalue weighted by Gasteiger charge is 1.98. The van der Waals surface area contributed by atoms with E-state index in [-0.39, 0.29) is 0 Å². The van der Waals surface area contributed by atoms with Gasteiger partial charge in [0.15, 0.2) is 0 Å². The van der Waals surface area contributed by atoms with Crippen molar-refractivity contribution in [2.45, 2.75) is 6.92 Å². The van der Waals surface area contributed by atoms with Crippen LogP contribution in [0.25, 0.3) is 0 Å². The van der Waals surface area contributed by atoms with Gasteiger partial charge in [-0.25, -0.2) is 0 Å². The zero-order chi connectivity index (χ0) is 5.98. The van der Waals surface area contributed by atoms with E-state index in [1.807, 2.05) is 6.92 Å². The Bertz CT molecular complexity index is 140.